The highest BCUT2D eigenvalue weighted by molar-refractivity contribution is 5.86. The van der Waals surface area contributed by atoms with Gasteiger partial charge in [-0.2, -0.15) is 0 Å². The number of pyridine rings is 2. The Labute approximate surface area is 192 Å². The van der Waals surface area contributed by atoms with Crippen LogP contribution in [0.5, 0.6) is 5.75 Å². The Morgan fingerprint density at radius 3 is 2.55 bits per heavy atom. The minimum absolute atomic E-state index is 0.109. The second-order valence-corrected chi connectivity index (χ2v) is 10.4. The van der Waals surface area contributed by atoms with Crippen molar-refractivity contribution in [1.29, 1.82) is 0 Å². The summed E-state index contributed by atoms with van der Waals surface area (Å²) in [6.07, 6.45) is 3.36. The maximum atomic E-state index is 10.6. The molecule has 1 saturated heterocycles. The van der Waals surface area contributed by atoms with Crippen molar-refractivity contribution in [3.63, 3.8) is 0 Å². The number of phenols is 1. The maximum absolute atomic E-state index is 10.6. The van der Waals surface area contributed by atoms with Crippen molar-refractivity contribution in [2.75, 3.05) is 18.0 Å². The minimum atomic E-state index is 0.109. The number of rotatable bonds is 4. The third-order valence-electron chi connectivity index (χ3n) is 6.40. The van der Waals surface area contributed by atoms with Crippen LogP contribution in [0.2, 0.25) is 0 Å². The molecule has 7 heteroatoms. The van der Waals surface area contributed by atoms with E-state index in [1.165, 1.54) is 0 Å². The number of aromatic hydroxyl groups is 1. The molecule has 33 heavy (non-hydrogen) atoms. The molecule has 0 bridgehead atoms. The summed E-state index contributed by atoms with van der Waals surface area (Å²) in [7, 11) is 0. The Morgan fingerprint density at radius 2 is 1.76 bits per heavy atom. The number of oxazole rings is 1. The Morgan fingerprint density at radius 1 is 0.970 bits per heavy atom. The number of hydrogen-bond donors (Lipinski definition) is 2. The summed E-state index contributed by atoms with van der Waals surface area (Å²) in [5.74, 6) is 2.33. The third-order valence-corrected chi connectivity index (χ3v) is 6.40. The predicted octanol–water partition coefficient (Wildman–Crippen LogP) is 4.99. The van der Waals surface area contributed by atoms with Crippen molar-refractivity contribution in [3.05, 3.63) is 42.3 Å². The van der Waals surface area contributed by atoms with E-state index in [4.69, 9.17) is 14.4 Å². The van der Waals surface area contributed by atoms with E-state index in [9.17, 15) is 5.11 Å². The molecule has 2 fully saturated rings. The molecule has 0 radical (unpaired) electrons. The molecule has 1 aliphatic heterocycles. The van der Waals surface area contributed by atoms with Gasteiger partial charge in [-0.05, 0) is 70.4 Å². The second kappa shape index (κ2) is 7.42. The van der Waals surface area contributed by atoms with Gasteiger partial charge in [0.15, 0.2) is 11.5 Å². The molecular weight excluding hydrogens is 414 g/mol. The van der Waals surface area contributed by atoms with Crippen molar-refractivity contribution in [2.45, 2.75) is 57.5 Å². The van der Waals surface area contributed by atoms with Gasteiger partial charge in [0.25, 0.3) is 0 Å². The number of phenolic OH excluding ortho intramolecular Hbond substituents is 1. The second-order valence-electron chi connectivity index (χ2n) is 10.4. The van der Waals surface area contributed by atoms with Gasteiger partial charge in [-0.1, -0.05) is 0 Å². The largest absolute Gasteiger partial charge is 0.507 e. The number of aromatic nitrogens is 3. The summed E-state index contributed by atoms with van der Waals surface area (Å²) in [5.41, 5.74) is 4.47. The molecule has 3 aromatic heterocycles. The Hall–Kier alpha value is -3.19. The molecule has 1 aliphatic carbocycles. The van der Waals surface area contributed by atoms with Crippen LogP contribution in [-0.4, -0.2) is 44.7 Å². The van der Waals surface area contributed by atoms with Gasteiger partial charge in [-0.15, -0.1) is 0 Å². The molecule has 1 unspecified atom stereocenters. The molecule has 0 amide bonds. The van der Waals surface area contributed by atoms with Gasteiger partial charge in [-0.3, -0.25) is 0 Å². The van der Waals surface area contributed by atoms with Crippen LogP contribution in [-0.2, 0) is 0 Å². The first-order valence-corrected chi connectivity index (χ1v) is 11.8. The van der Waals surface area contributed by atoms with Crippen molar-refractivity contribution in [2.24, 2.45) is 0 Å². The molecule has 2 aliphatic rings. The van der Waals surface area contributed by atoms with Crippen LogP contribution in [0.25, 0.3) is 33.4 Å². The number of fused-ring (bicyclic) bond motifs is 2. The van der Waals surface area contributed by atoms with E-state index in [0.717, 1.165) is 55.1 Å². The van der Waals surface area contributed by atoms with Gasteiger partial charge in [0.05, 0.1) is 16.7 Å². The third kappa shape index (κ3) is 4.02. The first-order chi connectivity index (χ1) is 15.8. The molecule has 2 N–H and O–H groups in total. The summed E-state index contributed by atoms with van der Waals surface area (Å²) in [4.78, 5) is 16.5. The van der Waals surface area contributed by atoms with Gasteiger partial charge in [-0.25, -0.2) is 15.0 Å². The van der Waals surface area contributed by atoms with Crippen LogP contribution in [0, 0.1) is 0 Å². The van der Waals surface area contributed by atoms with Crippen LogP contribution in [0.3, 0.4) is 0 Å². The fourth-order valence-corrected chi connectivity index (χ4v) is 4.71. The average Bonchev–Trinajstić information content (AvgIpc) is 3.39. The van der Waals surface area contributed by atoms with E-state index in [0.29, 0.717) is 34.3 Å². The summed E-state index contributed by atoms with van der Waals surface area (Å²) >= 11 is 0. The lowest BCUT2D eigenvalue weighted by Crippen LogP contribution is -2.44. The zero-order valence-electron chi connectivity index (χ0n) is 19.3. The van der Waals surface area contributed by atoms with Gasteiger partial charge in [0.2, 0.25) is 0 Å². The summed E-state index contributed by atoms with van der Waals surface area (Å²) < 4.78 is 5.94. The van der Waals surface area contributed by atoms with E-state index in [2.05, 4.69) is 36.0 Å². The lowest BCUT2D eigenvalue weighted by molar-refractivity contribution is 0.373. The number of hydrogen-bond acceptors (Lipinski definition) is 7. The number of nitrogens with zero attached hydrogens (tertiary/aromatic N) is 4. The Kier molecular flexibility index (Phi) is 4.59. The van der Waals surface area contributed by atoms with E-state index in [-0.39, 0.29) is 11.3 Å². The van der Waals surface area contributed by atoms with Crippen LogP contribution >= 0.6 is 0 Å². The molecule has 1 atom stereocenters. The van der Waals surface area contributed by atoms with E-state index < -0.39 is 0 Å². The smallest absolute Gasteiger partial charge is 0.198 e. The molecule has 170 valence electrons. The lowest BCUT2D eigenvalue weighted by Gasteiger charge is -2.26. The zero-order chi connectivity index (χ0) is 22.7. The molecule has 4 aromatic rings. The fraction of sp³-hybridized carbons (Fsp3) is 0.423. The van der Waals surface area contributed by atoms with Crippen molar-refractivity contribution in [3.8, 4) is 17.0 Å². The average molecular weight is 444 g/mol. The van der Waals surface area contributed by atoms with Crippen molar-refractivity contribution >= 4 is 28.0 Å². The predicted molar refractivity (Wildman–Crippen MR) is 130 cm³/mol. The van der Waals surface area contributed by atoms with E-state index in [1.54, 1.807) is 6.07 Å². The molecule has 0 spiro atoms. The van der Waals surface area contributed by atoms with Crippen molar-refractivity contribution in [1.82, 2.24) is 20.3 Å². The summed E-state index contributed by atoms with van der Waals surface area (Å²) in [6.45, 7) is 8.56. The Balaban J connectivity index is 1.28. The van der Waals surface area contributed by atoms with Gasteiger partial charge in [0, 0.05) is 42.2 Å². The van der Waals surface area contributed by atoms with Crippen molar-refractivity contribution < 1.29 is 9.52 Å². The normalized spacial score (nSPS) is 19.1. The van der Waals surface area contributed by atoms with Gasteiger partial charge >= 0.3 is 0 Å². The highest BCUT2D eigenvalue weighted by Gasteiger charge is 2.29. The fourth-order valence-electron chi connectivity index (χ4n) is 4.71. The summed E-state index contributed by atoms with van der Waals surface area (Å²) in [5, 5.41) is 14.3. The van der Waals surface area contributed by atoms with E-state index in [1.807, 2.05) is 30.3 Å². The quantitative estimate of drug-likeness (QED) is 0.459. The number of nitrogens with one attached hydrogen (secondary N) is 1. The molecule has 6 rings (SSSR count). The van der Waals surface area contributed by atoms with Gasteiger partial charge in [0.1, 0.15) is 17.1 Å². The van der Waals surface area contributed by atoms with Crippen LogP contribution in [0.4, 0.5) is 5.82 Å². The highest BCUT2D eigenvalue weighted by Crippen LogP contribution is 2.42. The summed E-state index contributed by atoms with van der Waals surface area (Å²) in [6, 6.07) is 11.9. The molecule has 4 heterocycles. The monoisotopic (exact) mass is 443 g/mol. The lowest BCUT2D eigenvalue weighted by atomic mass is 10.1. The molecule has 1 saturated carbocycles. The SMILES string of the molecule is CC(C)(C)NC1CCN(c2ccc3nc(-c4cc5oc(C6CC6)nc5cc4O)ccc3n2)C1. The van der Waals surface area contributed by atoms with Crippen LogP contribution in [0.1, 0.15) is 51.8 Å². The van der Waals surface area contributed by atoms with E-state index >= 15 is 0 Å². The molecule has 7 nitrogen and oxygen atoms in total. The van der Waals surface area contributed by atoms with Crippen LogP contribution in [0.15, 0.2) is 40.8 Å². The van der Waals surface area contributed by atoms with Gasteiger partial charge < -0.3 is 19.7 Å². The maximum Gasteiger partial charge on any atom is 0.198 e. The topological polar surface area (TPSA) is 87.3 Å². The molecular formula is C26H29N5O2. The van der Waals surface area contributed by atoms with Crippen LogP contribution < -0.4 is 10.2 Å². The zero-order valence-corrected chi connectivity index (χ0v) is 19.3. The highest BCUT2D eigenvalue weighted by atomic mass is 16.3. The Bertz CT molecular complexity index is 1350. The number of benzene rings is 1. The minimum Gasteiger partial charge on any atom is -0.507 e. The first-order valence-electron chi connectivity index (χ1n) is 11.8. The standard InChI is InChI=1S/C26H29N5O2/c1-26(2,3)30-16-10-11-31(14-16)24-9-8-19-20(28-24)7-6-18(27-19)17-12-23-21(13-22(17)32)29-25(33-23)15-4-5-15/h6-9,12-13,15-16,30,32H,4-5,10-11,14H2,1-3H3. The first kappa shape index (κ1) is 20.4. The number of anilines is 1. The molecule has 1 aromatic carbocycles.